The number of rotatable bonds is 19. The lowest BCUT2D eigenvalue weighted by molar-refractivity contribution is -0.137. The van der Waals surface area contributed by atoms with Crippen molar-refractivity contribution in [2.75, 3.05) is 18.9 Å². The highest BCUT2D eigenvalue weighted by Gasteiger charge is 2.31. The fourth-order valence-corrected chi connectivity index (χ4v) is 5.01. The number of carboxylic acids is 1. The molecule has 0 saturated carbocycles. The van der Waals surface area contributed by atoms with Crippen molar-refractivity contribution in [3.63, 3.8) is 0 Å². The lowest BCUT2D eigenvalue weighted by Crippen LogP contribution is -2.35. The molecular weight excluding hydrogens is 386 g/mol. The largest absolute Gasteiger partial charge is 0.481 e. The number of nitrogens with zero attached hydrogens (tertiary/aromatic N) is 1. The van der Waals surface area contributed by atoms with Gasteiger partial charge in [0.05, 0.1) is 17.2 Å². The molecule has 5 nitrogen and oxygen atoms in total. The number of hydrogen-bond acceptors (Lipinski definition) is 4. The Hall–Kier alpha value is -0.750. The fourth-order valence-electron chi connectivity index (χ4n) is 3.78. The SMILES string of the molecule is CCCCCOC(CCCCC)CCN1C(=O)CSC1CCCCCCC(=O)O. The summed E-state index contributed by atoms with van der Waals surface area (Å²) in [4.78, 5) is 25.0. The molecule has 0 aromatic carbocycles. The zero-order chi connectivity index (χ0) is 21.3. The van der Waals surface area contributed by atoms with Crippen molar-refractivity contribution in [2.45, 2.75) is 115 Å². The molecule has 1 saturated heterocycles. The Bertz CT molecular complexity index is 447. The molecule has 1 fully saturated rings. The predicted molar refractivity (Wildman–Crippen MR) is 121 cm³/mol. The Kier molecular flexibility index (Phi) is 15.4. The molecule has 1 aliphatic heterocycles. The van der Waals surface area contributed by atoms with Crippen molar-refractivity contribution < 1.29 is 19.4 Å². The number of unbranched alkanes of at least 4 members (excludes halogenated alkanes) is 7. The number of carbonyl (C=O) groups excluding carboxylic acids is 1. The van der Waals surface area contributed by atoms with Crippen LogP contribution in [0.25, 0.3) is 0 Å². The third kappa shape index (κ3) is 12.5. The van der Waals surface area contributed by atoms with Crippen LogP contribution in [0.1, 0.15) is 104 Å². The van der Waals surface area contributed by atoms with Crippen molar-refractivity contribution in [1.82, 2.24) is 4.90 Å². The number of ether oxygens (including phenoxy) is 1. The van der Waals surface area contributed by atoms with Gasteiger partial charge in [-0.3, -0.25) is 9.59 Å². The van der Waals surface area contributed by atoms with Crippen LogP contribution >= 0.6 is 11.8 Å². The number of thioether (sulfide) groups is 1. The zero-order valence-electron chi connectivity index (χ0n) is 18.7. The van der Waals surface area contributed by atoms with Gasteiger partial charge in [-0.15, -0.1) is 11.8 Å². The molecule has 1 heterocycles. The second kappa shape index (κ2) is 17.0. The van der Waals surface area contributed by atoms with Gasteiger partial charge < -0.3 is 14.7 Å². The summed E-state index contributed by atoms with van der Waals surface area (Å²) in [6, 6.07) is 0. The van der Waals surface area contributed by atoms with E-state index in [1.54, 1.807) is 11.8 Å². The number of aliphatic carboxylic acids is 1. The zero-order valence-corrected chi connectivity index (χ0v) is 19.5. The van der Waals surface area contributed by atoms with Gasteiger partial charge in [-0.05, 0) is 32.1 Å². The van der Waals surface area contributed by atoms with Crippen LogP contribution in [0.4, 0.5) is 0 Å². The van der Waals surface area contributed by atoms with E-state index in [2.05, 4.69) is 18.7 Å². The lowest BCUT2D eigenvalue weighted by Gasteiger charge is -2.26. The minimum absolute atomic E-state index is 0.264. The van der Waals surface area contributed by atoms with Crippen molar-refractivity contribution in [3.05, 3.63) is 0 Å². The Morgan fingerprint density at radius 3 is 2.52 bits per heavy atom. The maximum atomic E-state index is 12.4. The number of amides is 1. The molecule has 0 aromatic rings. The van der Waals surface area contributed by atoms with E-state index in [1.807, 2.05) is 0 Å². The molecule has 0 spiro atoms. The van der Waals surface area contributed by atoms with Gasteiger partial charge in [-0.25, -0.2) is 0 Å². The van der Waals surface area contributed by atoms with Crippen LogP contribution in [0.2, 0.25) is 0 Å². The monoisotopic (exact) mass is 429 g/mol. The van der Waals surface area contributed by atoms with Crippen LogP contribution < -0.4 is 0 Å². The summed E-state index contributed by atoms with van der Waals surface area (Å²) >= 11 is 1.77. The maximum Gasteiger partial charge on any atom is 0.303 e. The Labute approximate surface area is 182 Å². The van der Waals surface area contributed by atoms with E-state index in [4.69, 9.17) is 9.84 Å². The average molecular weight is 430 g/mol. The second-order valence-corrected chi connectivity index (χ2v) is 9.35. The van der Waals surface area contributed by atoms with Crippen LogP contribution in [0.5, 0.6) is 0 Å². The topological polar surface area (TPSA) is 66.8 Å². The molecule has 0 aliphatic carbocycles. The highest BCUT2D eigenvalue weighted by molar-refractivity contribution is 8.00. The minimum atomic E-state index is -0.710. The number of carbonyl (C=O) groups is 2. The third-order valence-electron chi connectivity index (χ3n) is 5.58. The summed E-state index contributed by atoms with van der Waals surface area (Å²) in [5, 5.41) is 8.99. The van der Waals surface area contributed by atoms with E-state index in [9.17, 15) is 9.59 Å². The molecule has 2 unspecified atom stereocenters. The second-order valence-electron chi connectivity index (χ2n) is 8.18. The molecule has 0 radical (unpaired) electrons. The summed E-state index contributed by atoms with van der Waals surface area (Å²) in [7, 11) is 0. The van der Waals surface area contributed by atoms with Crippen molar-refractivity contribution >= 4 is 23.6 Å². The fraction of sp³-hybridized carbons (Fsp3) is 0.913. The smallest absolute Gasteiger partial charge is 0.303 e. The molecule has 170 valence electrons. The minimum Gasteiger partial charge on any atom is -0.481 e. The third-order valence-corrected chi connectivity index (χ3v) is 6.87. The Morgan fingerprint density at radius 1 is 1.07 bits per heavy atom. The van der Waals surface area contributed by atoms with E-state index in [0.29, 0.717) is 11.1 Å². The molecule has 0 aromatic heterocycles. The molecule has 29 heavy (non-hydrogen) atoms. The van der Waals surface area contributed by atoms with E-state index < -0.39 is 5.97 Å². The first-order valence-electron chi connectivity index (χ1n) is 11.8. The van der Waals surface area contributed by atoms with Crippen LogP contribution in [-0.2, 0) is 14.3 Å². The van der Waals surface area contributed by atoms with Gasteiger partial charge >= 0.3 is 5.97 Å². The van der Waals surface area contributed by atoms with Gasteiger partial charge in [0.25, 0.3) is 0 Å². The summed E-state index contributed by atoms with van der Waals surface area (Å²) in [5.41, 5.74) is 0. The van der Waals surface area contributed by atoms with Crippen molar-refractivity contribution in [2.24, 2.45) is 0 Å². The molecule has 2 atom stereocenters. The molecular formula is C23H43NO4S. The summed E-state index contributed by atoms with van der Waals surface area (Å²) in [6.45, 7) is 6.08. The quantitative estimate of drug-likeness (QED) is 0.261. The van der Waals surface area contributed by atoms with Gasteiger partial charge in [0, 0.05) is 19.6 Å². The highest BCUT2D eigenvalue weighted by atomic mass is 32.2. The van der Waals surface area contributed by atoms with Crippen LogP contribution in [0, 0.1) is 0 Å². The van der Waals surface area contributed by atoms with Crippen LogP contribution in [0.15, 0.2) is 0 Å². The Morgan fingerprint density at radius 2 is 1.79 bits per heavy atom. The number of hydrogen-bond donors (Lipinski definition) is 1. The first kappa shape index (κ1) is 26.3. The van der Waals surface area contributed by atoms with Gasteiger partial charge in [0.1, 0.15) is 0 Å². The standard InChI is InChI=1S/C23H43NO4S/c1-3-5-9-13-20(28-18-12-6-4-2)16-17-24-21(25)19-29-22(24)14-10-7-8-11-15-23(26)27/h20,22H,3-19H2,1-2H3,(H,26,27). The normalized spacial score (nSPS) is 17.8. The molecule has 1 amide bonds. The Balaban J connectivity index is 2.35. The summed E-state index contributed by atoms with van der Waals surface area (Å²) in [6.07, 6.45) is 14.7. The maximum absolute atomic E-state index is 12.4. The molecule has 6 heteroatoms. The van der Waals surface area contributed by atoms with Gasteiger partial charge in [-0.2, -0.15) is 0 Å². The van der Waals surface area contributed by atoms with Gasteiger partial charge in [0.2, 0.25) is 5.91 Å². The van der Waals surface area contributed by atoms with Gasteiger partial charge in [0.15, 0.2) is 0 Å². The highest BCUT2D eigenvalue weighted by Crippen LogP contribution is 2.30. The van der Waals surface area contributed by atoms with E-state index in [0.717, 1.165) is 64.5 Å². The first-order chi connectivity index (χ1) is 14.1. The number of carboxylic acid groups (broad SMARTS) is 1. The summed E-state index contributed by atoms with van der Waals surface area (Å²) < 4.78 is 6.17. The molecule has 1 N–H and O–H groups in total. The van der Waals surface area contributed by atoms with E-state index >= 15 is 0 Å². The lowest BCUT2D eigenvalue weighted by atomic mass is 10.1. The predicted octanol–water partition coefficient (Wildman–Crippen LogP) is 5.86. The van der Waals surface area contributed by atoms with Gasteiger partial charge in [-0.1, -0.05) is 65.2 Å². The van der Waals surface area contributed by atoms with E-state index in [1.165, 1.54) is 32.1 Å². The van der Waals surface area contributed by atoms with Crippen LogP contribution in [0.3, 0.4) is 0 Å². The summed E-state index contributed by atoms with van der Waals surface area (Å²) in [5.74, 6) is 0.157. The first-order valence-corrected chi connectivity index (χ1v) is 12.9. The van der Waals surface area contributed by atoms with E-state index in [-0.39, 0.29) is 18.4 Å². The van der Waals surface area contributed by atoms with Crippen LogP contribution in [-0.4, -0.2) is 52.3 Å². The van der Waals surface area contributed by atoms with Crippen molar-refractivity contribution in [3.8, 4) is 0 Å². The van der Waals surface area contributed by atoms with Crippen molar-refractivity contribution in [1.29, 1.82) is 0 Å². The molecule has 1 aliphatic rings. The molecule has 1 rings (SSSR count). The average Bonchev–Trinajstić information content (AvgIpc) is 3.05. The molecule has 0 bridgehead atoms.